The van der Waals surface area contributed by atoms with Crippen LogP contribution in [0.4, 0.5) is 0 Å². The predicted molar refractivity (Wildman–Crippen MR) is 53.1 cm³/mol. The van der Waals surface area contributed by atoms with Crippen molar-refractivity contribution in [2.45, 2.75) is 25.9 Å². The predicted octanol–water partition coefficient (Wildman–Crippen LogP) is 1.37. The molecule has 0 aliphatic heterocycles. The van der Waals surface area contributed by atoms with E-state index in [4.69, 9.17) is 5.11 Å². The van der Waals surface area contributed by atoms with Crippen molar-refractivity contribution in [3.05, 3.63) is 35.4 Å². The van der Waals surface area contributed by atoms with E-state index in [1.807, 2.05) is 31.2 Å². The van der Waals surface area contributed by atoms with Crippen LogP contribution in [-0.2, 0) is 11.2 Å². The summed E-state index contributed by atoms with van der Waals surface area (Å²) in [6.07, 6.45) is -0.596. The minimum atomic E-state index is -0.967. The number of aliphatic hydroxyl groups is 1. The van der Waals surface area contributed by atoms with Gasteiger partial charge in [0.05, 0.1) is 12.5 Å². The molecule has 0 unspecified atom stereocenters. The van der Waals surface area contributed by atoms with Crippen molar-refractivity contribution >= 4 is 5.97 Å². The molecule has 0 heterocycles. The van der Waals surface area contributed by atoms with Gasteiger partial charge in [-0.2, -0.15) is 0 Å². The van der Waals surface area contributed by atoms with E-state index in [0.717, 1.165) is 11.1 Å². The first-order chi connectivity index (χ1) is 6.59. The van der Waals surface area contributed by atoms with Crippen LogP contribution in [0.15, 0.2) is 24.3 Å². The first kappa shape index (κ1) is 10.7. The summed E-state index contributed by atoms with van der Waals surface area (Å²) >= 11 is 0. The van der Waals surface area contributed by atoms with Crippen LogP contribution in [0.2, 0.25) is 0 Å². The molecule has 1 aromatic carbocycles. The van der Waals surface area contributed by atoms with Gasteiger partial charge in [0.1, 0.15) is 0 Å². The number of aliphatic carboxylic acids is 1. The molecule has 0 amide bonds. The minimum absolute atomic E-state index is 0.200. The first-order valence-corrected chi connectivity index (χ1v) is 4.54. The van der Waals surface area contributed by atoms with E-state index in [9.17, 15) is 9.90 Å². The van der Waals surface area contributed by atoms with E-state index >= 15 is 0 Å². The molecular formula is C11H14O3. The Morgan fingerprint density at radius 3 is 2.64 bits per heavy atom. The van der Waals surface area contributed by atoms with Crippen molar-refractivity contribution in [1.29, 1.82) is 0 Å². The smallest absolute Gasteiger partial charge is 0.305 e. The largest absolute Gasteiger partial charge is 0.481 e. The molecule has 2 N–H and O–H groups in total. The van der Waals surface area contributed by atoms with Crippen molar-refractivity contribution in [1.82, 2.24) is 0 Å². The molecule has 0 spiro atoms. The van der Waals surface area contributed by atoms with Crippen molar-refractivity contribution in [2.75, 3.05) is 0 Å². The van der Waals surface area contributed by atoms with E-state index in [-0.39, 0.29) is 6.42 Å². The number of aliphatic hydroxyl groups excluding tert-OH is 1. The van der Waals surface area contributed by atoms with Gasteiger partial charge in [0.15, 0.2) is 0 Å². The van der Waals surface area contributed by atoms with Crippen LogP contribution in [0.1, 0.15) is 17.5 Å². The van der Waals surface area contributed by atoms with E-state index < -0.39 is 12.1 Å². The lowest BCUT2D eigenvalue weighted by Gasteiger charge is -2.09. The third-order valence-corrected chi connectivity index (χ3v) is 2.13. The molecule has 0 radical (unpaired) electrons. The normalized spacial score (nSPS) is 12.4. The number of aryl methyl sites for hydroxylation is 1. The average molecular weight is 194 g/mol. The molecule has 3 heteroatoms. The number of carboxylic acid groups (broad SMARTS) is 1. The summed E-state index contributed by atoms with van der Waals surface area (Å²) in [5.41, 5.74) is 2.08. The molecule has 0 aromatic heterocycles. The Morgan fingerprint density at radius 2 is 2.07 bits per heavy atom. The van der Waals surface area contributed by atoms with Crippen LogP contribution < -0.4 is 0 Å². The lowest BCUT2D eigenvalue weighted by Crippen LogP contribution is -2.16. The molecule has 0 aliphatic carbocycles. The van der Waals surface area contributed by atoms with Crippen LogP contribution in [0.25, 0.3) is 0 Å². The van der Waals surface area contributed by atoms with Gasteiger partial charge in [0, 0.05) is 0 Å². The van der Waals surface area contributed by atoms with Crippen LogP contribution >= 0.6 is 0 Å². The lowest BCUT2D eigenvalue weighted by molar-refractivity contribution is -0.139. The molecule has 0 bridgehead atoms. The molecule has 0 saturated heterocycles. The highest BCUT2D eigenvalue weighted by Crippen LogP contribution is 2.10. The molecule has 76 valence electrons. The SMILES string of the molecule is Cc1ccccc1C[C@@H](O)CC(=O)O. The van der Waals surface area contributed by atoms with Gasteiger partial charge in [0.25, 0.3) is 0 Å². The Balaban J connectivity index is 2.60. The number of rotatable bonds is 4. The maximum absolute atomic E-state index is 10.3. The average Bonchev–Trinajstić information content (AvgIpc) is 2.07. The fraction of sp³-hybridized carbons (Fsp3) is 0.364. The summed E-state index contributed by atoms with van der Waals surface area (Å²) in [6.45, 7) is 1.95. The highest BCUT2D eigenvalue weighted by Gasteiger charge is 2.10. The number of hydrogen-bond donors (Lipinski definition) is 2. The summed E-state index contributed by atoms with van der Waals surface area (Å²) in [6, 6.07) is 7.65. The summed E-state index contributed by atoms with van der Waals surface area (Å²) in [5.74, 6) is -0.967. The third-order valence-electron chi connectivity index (χ3n) is 2.13. The summed E-state index contributed by atoms with van der Waals surface area (Å²) in [7, 11) is 0. The number of carboxylic acids is 1. The van der Waals surface area contributed by atoms with Crippen LogP contribution in [0.5, 0.6) is 0 Å². The van der Waals surface area contributed by atoms with Crippen LogP contribution in [-0.4, -0.2) is 22.3 Å². The number of hydrogen-bond acceptors (Lipinski definition) is 2. The maximum atomic E-state index is 10.3. The van der Waals surface area contributed by atoms with Gasteiger partial charge in [-0.1, -0.05) is 24.3 Å². The Labute approximate surface area is 83.0 Å². The van der Waals surface area contributed by atoms with E-state index in [1.54, 1.807) is 0 Å². The van der Waals surface area contributed by atoms with Gasteiger partial charge in [-0.05, 0) is 24.5 Å². The van der Waals surface area contributed by atoms with Gasteiger partial charge in [0.2, 0.25) is 0 Å². The Bertz CT molecular complexity index is 320. The molecule has 0 aliphatic rings. The van der Waals surface area contributed by atoms with Gasteiger partial charge >= 0.3 is 5.97 Å². The van der Waals surface area contributed by atoms with Gasteiger partial charge in [-0.25, -0.2) is 0 Å². The van der Waals surface area contributed by atoms with Crippen LogP contribution in [0.3, 0.4) is 0 Å². The van der Waals surface area contributed by atoms with Crippen molar-refractivity contribution in [3.63, 3.8) is 0 Å². The highest BCUT2D eigenvalue weighted by molar-refractivity contribution is 5.67. The van der Waals surface area contributed by atoms with Crippen molar-refractivity contribution in [3.8, 4) is 0 Å². The monoisotopic (exact) mass is 194 g/mol. The Morgan fingerprint density at radius 1 is 1.43 bits per heavy atom. The Kier molecular flexibility index (Phi) is 3.65. The quantitative estimate of drug-likeness (QED) is 0.761. The Hall–Kier alpha value is -1.35. The molecule has 1 aromatic rings. The molecule has 1 rings (SSSR count). The second kappa shape index (κ2) is 4.77. The van der Waals surface area contributed by atoms with Crippen molar-refractivity contribution < 1.29 is 15.0 Å². The van der Waals surface area contributed by atoms with Crippen LogP contribution in [0, 0.1) is 6.92 Å². The lowest BCUT2D eigenvalue weighted by atomic mass is 10.0. The molecule has 14 heavy (non-hydrogen) atoms. The number of benzene rings is 1. The molecule has 3 nitrogen and oxygen atoms in total. The standard InChI is InChI=1S/C11H14O3/c1-8-4-2-3-5-9(8)6-10(12)7-11(13)14/h2-5,10,12H,6-7H2,1H3,(H,13,14)/t10-/m1/s1. The summed E-state index contributed by atoms with van der Waals surface area (Å²) < 4.78 is 0. The zero-order chi connectivity index (χ0) is 10.6. The van der Waals surface area contributed by atoms with E-state index in [2.05, 4.69) is 0 Å². The van der Waals surface area contributed by atoms with E-state index in [0.29, 0.717) is 6.42 Å². The van der Waals surface area contributed by atoms with Crippen molar-refractivity contribution in [2.24, 2.45) is 0 Å². The molecule has 0 fully saturated rings. The molecule has 1 atom stereocenters. The molecular weight excluding hydrogens is 180 g/mol. The summed E-state index contributed by atoms with van der Waals surface area (Å²) in [5, 5.41) is 17.9. The fourth-order valence-corrected chi connectivity index (χ4v) is 1.37. The minimum Gasteiger partial charge on any atom is -0.481 e. The van der Waals surface area contributed by atoms with E-state index in [1.165, 1.54) is 0 Å². The first-order valence-electron chi connectivity index (χ1n) is 4.54. The fourth-order valence-electron chi connectivity index (χ4n) is 1.37. The topological polar surface area (TPSA) is 57.5 Å². The third kappa shape index (κ3) is 3.18. The van der Waals surface area contributed by atoms with Gasteiger partial charge in [-0.15, -0.1) is 0 Å². The number of carbonyl (C=O) groups is 1. The zero-order valence-corrected chi connectivity index (χ0v) is 8.10. The second-order valence-electron chi connectivity index (χ2n) is 3.38. The summed E-state index contributed by atoms with van der Waals surface area (Å²) in [4.78, 5) is 10.3. The highest BCUT2D eigenvalue weighted by atomic mass is 16.4. The van der Waals surface area contributed by atoms with Gasteiger partial charge in [-0.3, -0.25) is 4.79 Å². The molecule has 0 saturated carbocycles. The van der Waals surface area contributed by atoms with Gasteiger partial charge < -0.3 is 10.2 Å². The zero-order valence-electron chi connectivity index (χ0n) is 8.10. The maximum Gasteiger partial charge on any atom is 0.305 e. The second-order valence-corrected chi connectivity index (χ2v) is 3.38.